The smallest absolute Gasteiger partial charge is 0.238 e. The zero-order chi connectivity index (χ0) is 25.4. The summed E-state index contributed by atoms with van der Waals surface area (Å²) in [6, 6.07) is 12.6. The number of hydrogen-bond donors (Lipinski definition) is 3. The van der Waals surface area contributed by atoms with E-state index in [4.69, 9.17) is 0 Å². The van der Waals surface area contributed by atoms with Crippen molar-refractivity contribution in [3.05, 3.63) is 55.0 Å². The Bertz CT molecular complexity index is 1580. The van der Waals surface area contributed by atoms with Crippen molar-refractivity contribution in [2.45, 2.75) is 19.3 Å². The van der Waals surface area contributed by atoms with Gasteiger partial charge in [-0.25, -0.2) is 4.98 Å². The molecule has 0 unspecified atom stereocenters. The van der Waals surface area contributed by atoms with Gasteiger partial charge in [0.25, 0.3) is 0 Å². The van der Waals surface area contributed by atoms with Crippen LogP contribution in [0.3, 0.4) is 0 Å². The number of aromatic amines is 2. The van der Waals surface area contributed by atoms with E-state index in [1.165, 1.54) is 30.3 Å². The quantitative estimate of drug-likeness (QED) is 0.317. The largest absolute Gasteiger partial charge is 0.371 e. The lowest BCUT2D eigenvalue weighted by Gasteiger charge is -2.29. The minimum Gasteiger partial charge on any atom is -0.371 e. The van der Waals surface area contributed by atoms with Crippen molar-refractivity contribution in [3.8, 4) is 22.5 Å². The van der Waals surface area contributed by atoms with Crippen molar-refractivity contribution in [1.82, 2.24) is 30.0 Å². The maximum atomic E-state index is 12.2. The number of amides is 1. The Labute approximate surface area is 214 Å². The number of nitrogens with zero attached hydrogens (tertiary/aromatic N) is 5. The van der Waals surface area contributed by atoms with Crippen LogP contribution in [0.25, 0.3) is 44.5 Å². The van der Waals surface area contributed by atoms with E-state index in [1.807, 2.05) is 25.1 Å². The zero-order valence-corrected chi connectivity index (χ0v) is 21.1. The molecule has 0 atom stereocenters. The molecule has 0 radical (unpaired) electrons. The van der Waals surface area contributed by atoms with Gasteiger partial charge in [0.2, 0.25) is 5.91 Å². The van der Waals surface area contributed by atoms with Crippen LogP contribution in [0.2, 0.25) is 0 Å². The molecule has 1 aliphatic rings. The SMILES string of the molecule is CN(C)CC(=O)Nc1cncc(-c2cnc3n[nH]c(-c4cc5c(N6CCCCC6)cccc5[nH]4)c3c2)c1. The van der Waals surface area contributed by atoms with Gasteiger partial charge in [0, 0.05) is 58.6 Å². The summed E-state index contributed by atoms with van der Waals surface area (Å²) >= 11 is 0. The van der Waals surface area contributed by atoms with E-state index in [9.17, 15) is 4.79 Å². The van der Waals surface area contributed by atoms with E-state index in [2.05, 4.69) is 65.7 Å². The lowest BCUT2D eigenvalue weighted by Crippen LogP contribution is -2.29. The number of nitrogens with one attached hydrogen (secondary N) is 3. The molecule has 0 saturated carbocycles. The molecule has 188 valence electrons. The summed E-state index contributed by atoms with van der Waals surface area (Å²) in [6.45, 7) is 2.51. The van der Waals surface area contributed by atoms with E-state index >= 15 is 0 Å². The van der Waals surface area contributed by atoms with Crippen molar-refractivity contribution in [2.24, 2.45) is 0 Å². The highest BCUT2D eigenvalue weighted by Gasteiger charge is 2.18. The second-order valence-electron chi connectivity index (χ2n) is 9.91. The maximum Gasteiger partial charge on any atom is 0.238 e. The summed E-state index contributed by atoms with van der Waals surface area (Å²) in [4.78, 5) is 29.0. The number of benzene rings is 1. The van der Waals surface area contributed by atoms with E-state index in [0.717, 1.165) is 46.5 Å². The van der Waals surface area contributed by atoms with Crippen molar-refractivity contribution >= 4 is 39.2 Å². The number of aromatic nitrogens is 5. The van der Waals surface area contributed by atoms with Crippen molar-refractivity contribution < 1.29 is 4.79 Å². The molecular weight excluding hydrogens is 464 g/mol. The second-order valence-corrected chi connectivity index (χ2v) is 9.91. The highest BCUT2D eigenvalue weighted by Crippen LogP contribution is 2.35. The molecule has 5 heterocycles. The number of hydrogen-bond acceptors (Lipinski definition) is 6. The lowest BCUT2D eigenvalue weighted by molar-refractivity contribution is -0.116. The number of likely N-dealkylation sites (N-methyl/N-ethyl adjacent to an activating group) is 1. The topological polar surface area (TPSA) is 106 Å². The Morgan fingerprint density at radius 3 is 2.70 bits per heavy atom. The first-order valence-electron chi connectivity index (χ1n) is 12.7. The normalized spacial score (nSPS) is 14.1. The molecular formula is C28H30N8O. The maximum absolute atomic E-state index is 12.2. The van der Waals surface area contributed by atoms with Crippen molar-refractivity contribution in [1.29, 1.82) is 0 Å². The van der Waals surface area contributed by atoms with Crippen LogP contribution in [-0.4, -0.2) is 69.7 Å². The first-order chi connectivity index (χ1) is 18.0. The molecule has 0 spiro atoms. The average molecular weight is 495 g/mol. The Kier molecular flexibility index (Phi) is 6.05. The first-order valence-corrected chi connectivity index (χ1v) is 12.7. The van der Waals surface area contributed by atoms with Gasteiger partial charge < -0.3 is 20.1 Å². The number of carbonyl (C=O) groups excluding carboxylic acids is 1. The van der Waals surface area contributed by atoms with Gasteiger partial charge in [0.1, 0.15) is 0 Å². The molecule has 9 nitrogen and oxygen atoms in total. The zero-order valence-electron chi connectivity index (χ0n) is 21.1. The highest BCUT2D eigenvalue weighted by molar-refractivity contribution is 6.00. The molecule has 0 bridgehead atoms. The van der Waals surface area contributed by atoms with Crippen LogP contribution in [0.5, 0.6) is 0 Å². The van der Waals surface area contributed by atoms with Gasteiger partial charge in [-0.2, -0.15) is 5.10 Å². The third kappa shape index (κ3) is 4.65. The third-order valence-electron chi connectivity index (χ3n) is 6.83. The highest BCUT2D eigenvalue weighted by atomic mass is 16.2. The molecule has 3 N–H and O–H groups in total. The van der Waals surface area contributed by atoms with Gasteiger partial charge >= 0.3 is 0 Å². The molecule has 1 amide bonds. The summed E-state index contributed by atoms with van der Waals surface area (Å²) in [7, 11) is 3.72. The molecule has 1 aliphatic heterocycles. The number of pyridine rings is 2. The summed E-state index contributed by atoms with van der Waals surface area (Å²) < 4.78 is 0. The van der Waals surface area contributed by atoms with Crippen LogP contribution in [0.15, 0.2) is 55.0 Å². The molecule has 6 rings (SSSR count). The second kappa shape index (κ2) is 9.67. The van der Waals surface area contributed by atoms with Crippen LogP contribution in [0.1, 0.15) is 19.3 Å². The van der Waals surface area contributed by atoms with Gasteiger partial charge in [-0.05, 0) is 63.7 Å². The van der Waals surface area contributed by atoms with Crippen LogP contribution in [0, 0.1) is 0 Å². The predicted octanol–water partition coefficient (Wildman–Crippen LogP) is 4.66. The number of fused-ring (bicyclic) bond motifs is 2. The molecule has 5 aromatic rings. The predicted molar refractivity (Wildman–Crippen MR) is 148 cm³/mol. The minimum atomic E-state index is -0.0858. The van der Waals surface area contributed by atoms with Gasteiger partial charge in [0.05, 0.1) is 29.8 Å². The summed E-state index contributed by atoms with van der Waals surface area (Å²) in [5, 5.41) is 12.7. The Morgan fingerprint density at radius 1 is 1.03 bits per heavy atom. The molecule has 37 heavy (non-hydrogen) atoms. The first kappa shape index (κ1) is 23.2. The Morgan fingerprint density at radius 2 is 1.86 bits per heavy atom. The number of anilines is 2. The summed E-state index contributed by atoms with van der Waals surface area (Å²) in [5.74, 6) is -0.0858. The van der Waals surface area contributed by atoms with Gasteiger partial charge in [0.15, 0.2) is 5.65 Å². The fourth-order valence-corrected chi connectivity index (χ4v) is 5.10. The van der Waals surface area contributed by atoms with E-state index in [1.54, 1.807) is 18.6 Å². The average Bonchev–Trinajstić information content (AvgIpc) is 3.52. The minimum absolute atomic E-state index is 0.0858. The van der Waals surface area contributed by atoms with Crippen LogP contribution in [-0.2, 0) is 4.79 Å². The summed E-state index contributed by atoms with van der Waals surface area (Å²) in [6.07, 6.45) is 9.00. The molecule has 4 aromatic heterocycles. The van der Waals surface area contributed by atoms with Gasteiger partial charge in [-0.1, -0.05) is 6.07 Å². The number of rotatable bonds is 6. The van der Waals surface area contributed by atoms with Gasteiger partial charge in [-0.3, -0.25) is 14.9 Å². The molecule has 1 fully saturated rings. The molecule has 9 heteroatoms. The number of piperidine rings is 1. The van der Waals surface area contributed by atoms with E-state index < -0.39 is 0 Å². The molecule has 1 saturated heterocycles. The van der Waals surface area contributed by atoms with Crippen LogP contribution < -0.4 is 10.2 Å². The Hall–Kier alpha value is -4.24. The lowest BCUT2D eigenvalue weighted by atomic mass is 10.1. The van der Waals surface area contributed by atoms with E-state index in [-0.39, 0.29) is 5.91 Å². The third-order valence-corrected chi connectivity index (χ3v) is 6.83. The molecule has 0 aliphatic carbocycles. The summed E-state index contributed by atoms with van der Waals surface area (Å²) in [5.41, 5.74) is 7.33. The van der Waals surface area contributed by atoms with Crippen molar-refractivity contribution in [2.75, 3.05) is 43.9 Å². The standard InChI is InChI=1S/C28H30N8O/c1-35(2)17-26(37)31-20-11-18(14-29-16-20)19-12-22-27(33-34-28(22)30-15-19)24-13-21-23(32-24)7-6-8-25(21)36-9-4-3-5-10-36/h6-8,11-16,32H,3-5,9-10,17H2,1-2H3,(H,31,37)(H,30,33,34). The fraction of sp³-hybridized carbons (Fsp3) is 0.286. The van der Waals surface area contributed by atoms with Gasteiger partial charge in [-0.15, -0.1) is 0 Å². The Balaban J connectivity index is 1.35. The van der Waals surface area contributed by atoms with Crippen molar-refractivity contribution in [3.63, 3.8) is 0 Å². The molecule has 1 aromatic carbocycles. The van der Waals surface area contributed by atoms with E-state index in [0.29, 0.717) is 17.9 Å². The fourth-order valence-electron chi connectivity index (χ4n) is 5.10. The number of H-pyrrole nitrogens is 2. The van der Waals surface area contributed by atoms with Crippen LogP contribution >= 0.6 is 0 Å². The van der Waals surface area contributed by atoms with Crippen LogP contribution in [0.4, 0.5) is 11.4 Å². The number of carbonyl (C=O) groups is 1. The monoisotopic (exact) mass is 494 g/mol.